The highest BCUT2D eigenvalue weighted by molar-refractivity contribution is 6.62. The highest BCUT2D eigenvalue weighted by atomic mass is 19.1. The van der Waals surface area contributed by atoms with E-state index in [4.69, 9.17) is 28.3 Å². The minimum Gasteiger partial charge on any atom is -0.443 e. The molecule has 0 aliphatic carbocycles. The fraction of sp³-hybridized carbons (Fsp3) is 0.400. The van der Waals surface area contributed by atoms with Crippen molar-refractivity contribution in [3.63, 3.8) is 0 Å². The number of hydrogen-bond donors (Lipinski definition) is 0. The number of halogens is 1. The van der Waals surface area contributed by atoms with Crippen LogP contribution in [-0.2, 0) is 4.74 Å². The maximum absolute atomic E-state index is 13.4. The van der Waals surface area contributed by atoms with Gasteiger partial charge in [-0.15, -0.1) is 0 Å². The van der Waals surface area contributed by atoms with Crippen molar-refractivity contribution in [3.05, 3.63) is 36.2 Å². The molecule has 124 valence electrons. The van der Waals surface area contributed by atoms with Crippen molar-refractivity contribution in [1.82, 2.24) is 14.8 Å². The zero-order valence-electron chi connectivity index (χ0n) is 14.5. The molecule has 25 heavy (non-hydrogen) atoms. The van der Waals surface area contributed by atoms with Crippen molar-refractivity contribution < 1.29 is 13.9 Å². The molecule has 6 radical (unpaired) electrons. The first-order valence-corrected chi connectivity index (χ1v) is 7.45. The SMILES string of the molecule is [B]C([B])([B])N(C(=O)OC(C)(C)C)c1cn(-c2cncc(F)c2)nc1C. The second-order valence-corrected chi connectivity index (χ2v) is 6.61. The summed E-state index contributed by atoms with van der Waals surface area (Å²) < 4.78 is 20.0. The smallest absolute Gasteiger partial charge is 0.413 e. The highest BCUT2D eigenvalue weighted by Gasteiger charge is 2.33. The largest absolute Gasteiger partial charge is 0.443 e. The van der Waals surface area contributed by atoms with Gasteiger partial charge in [0, 0.05) is 6.07 Å². The topological polar surface area (TPSA) is 60.2 Å². The van der Waals surface area contributed by atoms with Gasteiger partial charge in [-0.1, -0.05) is 5.24 Å². The number of ether oxygens (including phenoxy) is 1. The number of carbonyl (C=O) groups excluding carboxylic acids is 1. The van der Waals surface area contributed by atoms with E-state index in [0.29, 0.717) is 11.4 Å². The number of carbonyl (C=O) groups is 1. The number of nitrogens with zero attached hydrogens (tertiary/aromatic N) is 4. The molecule has 2 heterocycles. The number of aryl methyl sites for hydroxylation is 1. The highest BCUT2D eigenvalue weighted by Crippen LogP contribution is 2.26. The van der Waals surface area contributed by atoms with Gasteiger partial charge in [0.05, 0.1) is 59.2 Å². The van der Waals surface area contributed by atoms with Crippen LogP contribution in [0.3, 0.4) is 0 Å². The molecule has 0 saturated heterocycles. The van der Waals surface area contributed by atoms with Crippen molar-refractivity contribution in [3.8, 4) is 5.69 Å². The van der Waals surface area contributed by atoms with Gasteiger partial charge in [-0.2, -0.15) is 5.10 Å². The fourth-order valence-electron chi connectivity index (χ4n) is 2.10. The summed E-state index contributed by atoms with van der Waals surface area (Å²) in [5, 5.41) is 2.20. The fourth-order valence-corrected chi connectivity index (χ4v) is 2.10. The summed E-state index contributed by atoms with van der Waals surface area (Å²) in [5.41, 5.74) is 0.193. The Balaban J connectivity index is 2.47. The molecule has 2 aromatic rings. The summed E-state index contributed by atoms with van der Waals surface area (Å²) in [6.45, 7) is 6.72. The first-order valence-electron chi connectivity index (χ1n) is 7.45. The van der Waals surface area contributed by atoms with E-state index in [-0.39, 0.29) is 5.69 Å². The third-order valence-electron chi connectivity index (χ3n) is 3.03. The second-order valence-electron chi connectivity index (χ2n) is 6.61. The van der Waals surface area contributed by atoms with Crippen LogP contribution in [-0.4, -0.2) is 55.2 Å². The van der Waals surface area contributed by atoms with Gasteiger partial charge in [-0.05, 0) is 27.7 Å². The quantitative estimate of drug-likeness (QED) is 0.799. The lowest BCUT2D eigenvalue weighted by Crippen LogP contribution is -2.55. The minimum absolute atomic E-state index is 0.228. The maximum atomic E-state index is 13.4. The van der Waals surface area contributed by atoms with E-state index in [1.165, 1.54) is 23.1 Å². The lowest BCUT2D eigenvalue weighted by Gasteiger charge is -2.37. The Morgan fingerprint density at radius 3 is 2.44 bits per heavy atom. The molecule has 0 aromatic carbocycles. The van der Waals surface area contributed by atoms with Crippen LogP contribution in [0.5, 0.6) is 0 Å². The summed E-state index contributed by atoms with van der Waals surface area (Å²) in [7, 11) is 17.2. The zero-order chi connectivity index (χ0) is 19.0. The van der Waals surface area contributed by atoms with Crippen LogP contribution >= 0.6 is 0 Å². The van der Waals surface area contributed by atoms with Gasteiger partial charge < -0.3 is 4.74 Å². The number of hydrogen-bond acceptors (Lipinski definition) is 4. The van der Waals surface area contributed by atoms with Crippen LogP contribution in [0.25, 0.3) is 5.69 Å². The summed E-state index contributed by atoms with van der Waals surface area (Å²) in [5.74, 6) is -0.526. The van der Waals surface area contributed by atoms with Crippen LogP contribution in [0.4, 0.5) is 14.9 Å². The van der Waals surface area contributed by atoms with E-state index in [9.17, 15) is 9.18 Å². The van der Waals surface area contributed by atoms with Crippen molar-refractivity contribution >= 4 is 35.3 Å². The summed E-state index contributed by atoms with van der Waals surface area (Å²) in [6.07, 6.45) is 3.09. The van der Waals surface area contributed by atoms with Crippen LogP contribution in [0.15, 0.2) is 24.7 Å². The number of pyridine rings is 1. The number of anilines is 1. The summed E-state index contributed by atoms with van der Waals surface area (Å²) in [4.78, 5) is 17.2. The van der Waals surface area contributed by atoms with E-state index >= 15 is 0 Å². The molecule has 2 aromatic heterocycles. The molecule has 0 atom stereocenters. The van der Waals surface area contributed by atoms with Gasteiger partial charge in [-0.3, -0.25) is 9.88 Å². The number of amides is 1. The predicted molar refractivity (Wildman–Crippen MR) is 94.8 cm³/mol. The second kappa shape index (κ2) is 6.57. The van der Waals surface area contributed by atoms with Crippen LogP contribution in [0.1, 0.15) is 26.5 Å². The van der Waals surface area contributed by atoms with E-state index in [1.54, 1.807) is 27.7 Å². The number of aromatic nitrogens is 3. The molecule has 1 amide bonds. The van der Waals surface area contributed by atoms with E-state index in [0.717, 1.165) is 11.1 Å². The Morgan fingerprint density at radius 2 is 1.92 bits per heavy atom. The first-order chi connectivity index (χ1) is 11.4. The average molecular weight is 336 g/mol. The zero-order valence-corrected chi connectivity index (χ0v) is 14.5. The summed E-state index contributed by atoms with van der Waals surface area (Å²) >= 11 is 0. The number of rotatable bonds is 3. The monoisotopic (exact) mass is 336 g/mol. The molecule has 0 spiro atoms. The Morgan fingerprint density at radius 1 is 1.28 bits per heavy atom. The van der Waals surface area contributed by atoms with Gasteiger partial charge >= 0.3 is 6.09 Å². The van der Waals surface area contributed by atoms with Crippen LogP contribution < -0.4 is 4.90 Å². The summed E-state index contributed by atoms with van der Waals surface area (Å²) in [6, 6.07) is 1.24. The Bertz CT molecular complexity index is 784. The van der Waals surface area contributed by atoms with Gasteiger partial charge in [-0.25, -0.2) is 13.9 Å². The molecule has 0 fully saturated rings. The first kappa shape index (κ1) is 19.1. The van der Waals surface area contributed by atoms with Gasteiger partial charge in [0.2, 0.25) is 0 Å². The average Bonchev–Trinajstić information content (AvgIpc) is 2.77. The molecule has 0 bridgehead atoms. The molecule has 2 rings (SSSR count). The van der Waals surface area contributed by atoms with Crippen molar-refractivity contribution in [2.75, 3.05) is 4.90 Å². The Hall–Kier alpha value is -2.25. The molecule has 0 saturated carbocycles. The van der Waals surface area contributed by atoms with Crippen molar-refractivity contribution in [2.45, 2.75) is 38.5 Å². The van der Waals surface area contributed by atoms with Gasteiger partial charge in [0.1, 0.15) is 11.4 Å². The third-order valence-corrected chi connectivity index (χ3v) is 3.03. The Kier molecular flexibility index (Phi) is 5.02. The molecule has 6 nitrogen and oxygen atoms in total. The van der Waals surface area contributed by atoms with Crippen molar-refractivity contribution in [2.24, 2.45) is 0 Å². The van der Waals surface area contributed by atoms with E-state index < -0.39 is 22.7 Å². The van der Waals surface area contributed by atoms with Crippen LogP contribution in [0, 0.1) is 12.7 Å². The normalized spacial score (nSPS) is 12.0. The minimum atomic E-state index is -2.03. The lowest BCUT2D eigenvalue weighted by atomic mass is 9.48. The maximum Gasteiger partial charge on any atom is 0.413 e. The van der Waals surface area contributed by atoms with Crippen molar-refractivity contribution in [1.29, 1.82) is 0 Å². The van der Waals surface area contributed by atoms with Gasteiger partial charge in [0.25, 0.3) is 0 Å². The molecule has 0 aliphatic heterocycles. The molecule has 0 N–H and O–H groups in total. The lowest BCUT2D eigenvalue weighted by molar-refractivity contribution is 0.0579. The molecule has 10 heteroatoms. The Labute approximate surface area is 150 Å². The van der Waals surface area contributed by atoms with Crippen LogP contribution in [0.2, 0.25) is 0 Å². The standard InChI is InChI=1S/C15H16B3FN4O2/c1-9-12(8-22(21-9)11-5-10(19)6-20-7-11)23(15(16,17)18)13(24)25-14(2,3)4/h5-8H,1-4H3. The molecule has 0 aliphatic rings. The van der Waals surface area contributed by atoms with Gasteiger partial charge in [0.15, 0.2) is 0 Å². The van der Waals surface area contributed by atoms with E-state index in [1.807, 2.05) is 0 Å². The predicted octanol–water partition coefficient (Wildman–Crippen LogP) is 1.57. The molecule has 0 unspecified atom stereocenters. The third kappa shape index (κ3) is 4.64. The van der Waals surface area contributed by atoms with E-state index in [2.05, 4.69) is 10.1 Å². The molecular formula is C15H16B3FN4O2. The molecular weight excluding hydrogens is 320 g/mol.